The number of carbonyl (C=O) groups excluding carboxylic acids is 2. The molecule has 0 aromatic heterocycles. The summed E-state index contributed by atoms with van der Waals surface area (Å²) in [5, 5.41) is 0. The third-order valence-electron chi connectivity index (χ3n) is 1.41. The molecule has 0 unspecified atom stereocenters. The number of hydrogen-bond donors (Lipinski definition) is 0. The molecule has 0 saturated heterocycles. The summed E-state index contributed by atoms with van der Waals surface area (Å²) in [6.07, 6.45) is 0.346. The largest absolute Gasteiger partial charge is 0.432 e. The summed E-state index contributed by atoms with van der Waals surface area (Å²) in [6.45, 7) is 6.30. The summed E-state index contributed by atoms with van der Waals surface area (Å²) in [4.78, 5) is 21.2. The van der Waals surface area contributed by atoms with Gasteiger partial charge in [-0.3, -0.25) is 9.59 Å². The van der Waals surface area contributed by atoms with Gasteiger partial charge in [0, 0.05) is 13.3 Å². The van der Waals surface area contributed by atoms with Crippen LogP contribution in [-0.4, -0.2) is 11.8 Å². The van der Waals surface area contributed by atoms with Crippen molar-refractivity contribution >= 4 is 11.8 Å². The normalized spacial score (nSPS) is 12.0. The zero-order chi connectivity index (χ0) is 9.72. The smallest absolute Gasteiger partial charge is 0.307 e. The first-order chi connectivity index (χ1) is 5.43. The molecule has 0 spiro atoms. The van der Waals surface area contributed by atoms with Gasteiger partial charge in [0.2, 0.25) is 0 Å². The highest BCUT2D eigenvalue weighted by molar-refractivity contribution is 5.78. The summed E-state index contributed by atoms with van der Waals surface area (Å²) < 4.78 is 4.80. The van der Waals surface area contributed by atoms with Gasteiger partial charge in [-0.15, -0.1) is 0 Å². The lowest BCUT2D eigenvalue weighted by Crippen LogP contribution is -2.00. The van der Waals surface area contributed by atoms with Gasteiger partial charge in [0.1, 0.15) is 11.5 Å². The molecule has 12 heavy (non-hydrogen) atoms. The number of ketones is 1. The minimum Gasteiger partial charge on any atom is -0.432 e. The highest BCUT2D eigenvalue weighted by Gasteiger charge is 2.03. The first-order valence-corrected chi connectivity index (χ1v) is 3.77. The Labute approximate surface area is 72.4 Å². The van der Waals surface area contributed by atoms with Gasteiger partial charge >= 0.3 is 5.97 Å². The maximum absolute atomic E-state index is 10.7. The van der Waals surface area contributed by atoms with Crippen molar-refractivity contribution in [3.05, 3.63) is 11.3 Å². The first kappa shape index (κ1) is 10.9. The van der Waals surface area contributed by atoms with Gasteiger partial charge in [0.25, 0.3) is 0 Å². The minimum atomic E-state index is -0.351. The van der Waals surface area contributed by atoms with Crippen LogP contribution in [0.25, 0.3) is 0 Å². The number of Topliss-reactive ketones (excluding diaryl/α,β-unsaturated/α-hetero) is 1. The number of carbonyl (C=O) groups is 2. The molecule has 0 saturated carbocycles. The molecule has 0 aliphatic rings. The van der Waals surface area contributed by atoms with E-state index in [4.69, 9.17) is 4.74 Å². The van der Waals surface area contributed by atoms with Crippen molar-refractivity contribution in [2.24, 2.45) is 0 Å². The lowest BCUT2D eigenvalue weighted by Gasteiger charge is -2.04. The number of hydrogen-bond acceptors (Lipinski definition) is 3. The van der Waals surface area contributed by atoms with Gasteiger partial charge < -0.3 is 4.74 Å². The lowest BCUT2D eigenvalue weighted by atomic mass is 10.1. The molecule has 0 bridgehead atoms. The van der Waals surface area contributed by atoms with Crippen LogP contribution in [0.1, 0.15) is 34.1 Å². The van der Waals surface area contributed by atoms with Crippen LogP contribution >= 0.6 is 0 Å². The maximum atomic E-state index is 10.7. The molecule has 3 nitrogen and oxygen atoms in total. The standard InChI is InChI=1S/C9H14O3/c1-6(5-7(2)10)8(3)12-9(4)11/h5H2,1-4H3/b8-6-. The summed E-state index contributed by atoms with van der Waals surface area (Å²) in [5.41, 5.74) is 0.803. The summed E-state index contributed by atoms with van der Waals surface area (Å²) >= 11 is 0. The molecule has 0 atom stereocenters. The Kier molecular flexibility index (Phi) is 4.26. The highest BCUT2D eigenvalue weighted by atomic mass is 16.5. The Hall–Kier alpha value is -1.12. The Balaban J connectivity index is 4.25. The molecule has 0 radical (unpaired) electrons. The van der Waals surface area contributed by atoms with Gasteiger partial charge in [-0.1, -0.05) is 0 Å². The van der Waals surface area contributed by atoms with Crippen LogP contribution < -0.4 is 0 Å². The predicted molar refractivity (Wildman–Crippen MR) is 45.4 cm³/mol. The van der Waals surface area contributed by atoms with Gasteiger partial charge in [-0.2, -0.15) is 0 Å². The van der Waals surface area contributed by atoms with Gasteiger partial charge in [0.05, 0.1) is 0 Å². The highest BCUT2D eigenvalue weighted by Crippen LogP contribution is 2.09. The van der Waals surface area contributed by atoms with E-state index in [0.29, 0.717) is 12.2 Å². The van der Waals surface area contributed by atoms with Crippen molar-refractivity contribution in [3.8, 4) is 0 Å². The molecule has 0 aromatic rings. The lowest BCUT2D eigenvalue weighted by molar-refractivity contribution is -0.137. The first-order valence-electron chi connectivity index (χ1n) is 3.77. The van der Waals surface area contributed by atoms with E-state index in [2.05, 4.69) is 0 Å². The number of esters is 1. The zero-order valence-electron chi connectivity index (χ0n) is 7.93. The third-order valence-corrected chi connectivity index (χ3v) is 1.41. The van der Waals surface area contributed by atoms with E-state index >= 15 is 0 Å². The second kappa shape index (κ2) is 4.70. The summed E-state index contributed by atoms with van der Waals surface area (Å²) in [6, 6.07) is 0. The molecule has 0 amide bonds. The molecule has 0 heterocycles. The van der Waals surface area contributed by atoms with Crippen LogP contribution in [0.3, 0.4) is 0 Å². The quantitative estimate of drug-likeness (QED) is 0.479. The topological polar surface area (TPSA) is 43.4 Å². The molecule has 0 aliphatic carbocycles. The fourth-order valence-corrected chi connectivity index (χ4v) is 0.801. The molecule has 0 N–H and O–H groups in total. The SMILES string of the molecule is CC(=O)C/C(C)=C(/C)OC(C)=O. The maximum Gasteiger partial charge on any atom is 0.307 e. The zero-order valence-corrected chi connectivity index (χ0v) is 7.93. The van der Waals surface area contributed by atoms with Crippen LogP contribution in [0.4, 0.5) is 0 Å². The van der Waals surface area contributed by atoms with Crippen LogP contribution in [0, 0.1) is 0 Å². The monoisotopic (exact) mass is 170 g/mol. The van der Waals surface area contributed by atoms with Crippen LogP contribution in [0.2, 0.25) is 0 Å². The molecule has 3 heteroatoms. The third kappa shape index (κ3) is 4.66. The van der Waals surface area contributed by atoms with E-state index in [1.807, 2.05) is 0 Å². The van der Waals surface area contributed by atoms with Crippen molar-refractivity contribution < 1.29 is 14.3 Å². The second-order valence-corrected chi connectivity index (χ2v) is 2.81. The van der Waals surface area contributed by atoms with E-state index in [1.54, 1.807) is 13.8 Å². The van der Waals surface area contributed by atoms with E-state index < -0.39 is 0 Å². The van der Waals surface area contributed by atoms with Crippen molar-refractivity contribution in [1.82, 2.24) is 0 Å². The van der Waals surface area contributed by atoms with Gasteiger partial charge in [0.15, 0.2) is 0 Å². The Morgan fingerprint density at radius 3 is 1.92 bits per heavy atom. The molecular formula is C9H14O3. The van der Waals surface area contributed by atoms with Crippen molar-refractivity contribution in [1.29, 1.82) is 0 Å². The Bertz CT molecular complexity index is 202. The van der Waals surface area contributed by atoms with Crippen LogP contribution in [-0.2, 0) is 14.3 Å². The molecule has 68 valence electrons. The van der Waals surface area contributed by atoms with Crippen LogP contribution in [0.15, 0.2) is 11.3 Å². The molecule has 0 fully saturated rings. The van der Waals surface area contributed by atoms with Gasteiger partial charge in [-0.05, 0) is 26.3 Å². The second-order valence-electron chi connectivity index (χ2n) is 2.81. The average molecular weight is 170 g/mol. The summed E-state index contributed by atoms with van der Waals surface area (Å²) in [7, 11) is 0. The molecular weight excluding hydrogens is 156 g/mol. The van der Waals surface area contributed by atoms with Crippen molar-refractivity contribution in [2.45, 2.75) is 34.1 Å². The minimum absolute atomic E-state index is 0.0685. The Morgan fingerprint density at radius 1 is 1.08 bits per heavy atom. The molecule has 0 aromatic carbocycles. The Morgan fingerprint density at radius 2 is 1.58 bits per heavy atom. The van der Waals surface area contributed by atoms with Crippen molar-refractivity contribution in [2.75, 3.05) is 0 Å². The number of ether oxygens (including phenoxy) is 1. The number of rotatable bonds is 3. The fraction of sp³-hybridized carbons (Fsp3) is 0.556. The van der Waals surface area contributed by atoms with Crippen LogP contribution in [0.5, 0.6) is 0 Å². The van der Waals surface area contributed by atoms with E-state index in [0.717, 1.165) is 5.57 Å². The average Bonchev–Trinajstić information content (AvgIpc) is 1.84. The van der Waals surface area contributed by atoms with Gasteiger partial charge in [-0.25, -0.2) is 0 Å². The molecule has 0 rings (SSSR count). The summed E-state index contributed by atoms with van der Waals surface area (Å²) in [5.74, 6) is 0.243. The van der Waals surface area contributed by atoms with E-state index in [1.165, 1.54) is 13.8 Å². The predicted octanol–water partition coefficient (Wildman–Crippen LogP) is 1.82. The van der Waals surface area contributed by atoms with Crippen molar-refractivity contribution in [3.63, 3.8) is 0 Å². The van der Waals surface area contributed by atoms with E-state index in [9.17, 15) is 9.59 Å². The molecule has 0 aliphatic heterocycles. The van der Waals surface area contributed by atoms with E-state index in [-0.39, 0.29) is 11.8 Å². The fourth-order valence-electron chi connectivity index (χ4n) is 0.801. The number of allylic oxidation sites excluding steroid dienone is 2.